The van der Waals surface area contributed by atoms with Crippen LogP contribution in [0.3, 0.4) is 0 Å². The van der Waals surface area contributed by atoms with Crippen molar-refractivity contribution < 1.29 is 28.6 Å². The number of carbonyl (C=O) groups excluding carboxylic acids is 3. The van der Waals surface area contributed by atoms with Crippen LogP contribution in [-0.4, -0.2) is 35.2 Å². The molecule has 112 valence electrons. The first-order valence-electron chi connectivity index (χ1n) is 6.63. The third-order valence-electron chi connectivity index (χ3n) is 4.91. The van der Waals surface area contributed by atoms with E-state index in [1.54, 1.807) is 6.92 Å². The highest BCUT2D eigenvalue weighted by Gasteiger charge is 2.74. The van der Waals surface area contributed by atoms with E-state index in [1.165, 1.54) is 13.8 Å². The SMILES string of the molecule is CC(=O)O[C@@H]1C[C@]2(OC(C)=O)CC(=O)O[C@@]1(C)C2(C)C. The Balaban J connectivity index is 2.48. The molecule has 0 aromatic rings. The Labute approximate surface area is 117 Å². The van der Waals surface area contributed by atoms with E-state index in [0.29, 0.717) is 0 Å². The minimum Gasteiger partial charge on any atom is -0.458 e. The fraction of sp³-hybridized carbons (Fsp3) is 0.786. The molecule has 1 aliphatic carbocycles. The Morgan fingerprint density at radius 3 is 2.30 bits per heavy atom. The number of hydrogen-bond acceptors (Lipinski definition) is 6. The molecule has 2 aliphatic rings. The predicted octanol–water partition coefficient (Wildman–Crippen LogP) is 1.36. The molecule has 1 saturated heterocycles. The fourth-order valence-electron chi connectivity index (χ4n) is 3.43. The van der Waals surface area contributed by atoms with Crippen molar-refractivity contribution >= 4 is 17.9 Å². The molecule has 0 aromatic heterocycles. The smallest absolute Gasteiger partial charge is 0.310 e. The number of esters is 3. The van der Waals surface area contributed by atoms with Crippen molar-refractivity contribution in [2.24, 2.45) is 5.41 Å². The zero-order valence-corrected chi connectivity index (χ0v) is 12.4. The van der Waals surface area contributed by atoms with Crippen molar-refractivity contribution in [3.63, 3.8) is 0 Å². The number of ether oxygens (including phenoxy) is 3. The summed E-state index contributed by atoms with van der Waals surface area (Å²) in [5.41, 5.74) is -2.66. The lowest BCUT2D eigenvalue weighted by molar-refractivity contribution is -0.228. The first-order chi connectivity index (χ1) is 9.04. The molecule has 1 aliphatic heterocycles. The van der Waals surface area contributed by atoms with E-state index in [1.807, 2.05) is 13.8 Å². The maximum atomic E-state index is 11.9. The summed E-state index contributed by atoms with van der Waals surface area (Å²) < 4.78 is 16.3. The highest BCUT2D eigenvalue weighted by atomic mass is 16.6. The van der Waals surface area contributed by atoms with Crippen LogP contribution < -0.4 is 0 Å². The topological polar surface area (TPSA) is 78.9 Å². The minimum absolute atomic E-state index is 0.0209. The molecule has 1 saturated carbocycles. The van der Waals surface area contributed by atoms with Crippen molar-refractivity contribution in [2.75, 3.05) is 0 Å². The summed E-state index contributed by atoms with van der Waals surface area (Å²) in [6.07, 6.45) is -0.380. The van der Waals surface area contributed by atoms with Crippen LogP contribution in [0.2, 0.25) is 0 Å². The lowest BCUT2D eigenvalue weighted by Gasteiger charge is -2.50. The number of fused-ring (bicyclic) bond motifs is 2. The van der Waals surface area contributed by atoms with Crippen LogP contribution in [0, 0.1) is 5.41 Å². The summed E-state index contributed by atoms with van der Waals surface area (Å²) in [7, 11) is 0. The summed E-state index contributed by atoms with van der Waals surface area (Å²) in [4.78, 5) is 34.6. The average Bonchev–Trinajstić information content (AvgIpc) is 2.34. The van der Waals surface area contributed by atoms with E-state index in [0.717, 1.165) is 0 Å². The molecule has 1 heterocycles. The largest absolute Gasteiger partial charge is 0.458 e. The van der Waals surface area contributed by atoms with Gasteiger partial charge in [-0.05, 0) is 6.92 Å². The van der Waals surface area contributed by atoms with E-state index in [-0.39, 0.29) is 12.8 Å². The summed E-state index contributed by atoms with van der Waals surface area (Å²) in [5, 5.41) is 0. The van der Waals surface area contributed by atoms with E-state index < -0.39 is 40.6 Å². The quantitative estimate of drug-likeness (QED) is 0.562. The molecule has 2 bridgehead atoms. The summed E-state index contributed by atoms with van der Waals surface area (Å²) >= 11 is 0. The van der Waals surface area contributed by atoms with Crippen LogP contribution in [0.5, 0.6) is 0 Å². The molecule has 0 unspecified atom stereocenters. The third-order valence-corrected chi connectivity index (χ3v) is 4.91. The second-order valence-electron chi connectivity index (χ2n) is 6.27. The molecule has 0 N–H and O–H groups in total. The van der Waals surface area contributed by atoms with Crippen LogP contribution in [0.1, 0.15) is 47.5 Å². The van der Waals surface area contributed by atoms with Crippen molar-refractivity contribution in [3.05, 3.63) is 0 Å². The van der Waals surface area contributed by atoms with E-state index in [2.05, 4.69) is 0 Å². The third kappa shape index (κ3) is 1.81. The average molecular weight is 284 g/mol. The molecule has 6 heteroatoms. The summed E-state index contributed by atoms with van der Waals surface area (Å²) in [6.45, 7) is 8.07. The maximum Gasteiger partial charge on any atom is 0.310 e. The van der Waals surface area contributed by atoms with E-state index in [4.69, 9.17) is 14.2 Å². The molecule has 0 aromatic carbocycles. The summed E-state index contributed by atoms with van der Waals surface area (Å²) in [6, 6.07) is 0. The van der Waals surface area contributed by atoms with Gasteiger partial charge in [0.15, 0.2) is 5.60 Å². The Bertz CT molecular complexity index is 478. The van der Waals surface area contributed by atoms with Crippen molar-refractivity contribution in [3.8, 4) is 0 Å². The second kappa shape index (κ2) is 4.20. The van der Waals surface area contributed by atoms with Gasteiger partial charge in [-0.3, -0.25) is 14.4 Å². The predicted molar refractivity (Wildman–Crippen MR) is 67.6 cm³/mol. The minimum atomic E-state index is -1.01. The molecule has 2 rings (SSSR count). The molecule has 6 nitrogen and oxygen atoms in total. The second-order valence-corrected chi connectivity index (χ2v) is 6.27. The van der Waals surface area contributed by atoms with Gasteiger partial charge in [0.25, 0.3) is 0 Å². The van der Waals surface area contributed by atoms with E-state index in [9.17, 15) is 14.4 Å². The fourth-order valence-corrected chi connectivity index (χ4v) is 3.43. The van der Waals surface area contributed by atoms with Gasteiger partial charge >= 0.3 is 17.9 Å². The Hall–Kier alpha value is -1.59. The Morgan fingerprint density at radius 2 is 1.80 bits per heavy atom. The van der Waals surface area contributed by atoms with Gasteiger partial charge in [-0.1, -0.05) is 13.8 Å². The molecule has 3 atom stereocenters. The normalized spacial score (nSPS) is 38.0. The van der Waals surface area contributed by atoms with Gasteiger partial charge in [-0.25, -0.2) is 0 Å². The van der Waals surface area contributed by atoms with Gasteiger partial charge in [0, 0.05) is 25.7 Å². The van der Waals surface area contributed by atoms with Crippen LogP contribution in [0.15, 0.2) is 0 Å². The van der Waals surface area contributed by atoms with E-state index >= 15 is 0 Å². The van der Waals surface area contributed by atoms with Crippen molar-refractivity contribution in [1.29, 1.82) is 0 Å². The monoisotopic (exact) mass is 284 g/mol. The van der Waals surface area contributed by atoms with Crippen LogP contribution in [-0.2, 0) is 28.6 Å². The Kier molecular flexibility index (Phi) is 3.11. The van der Waals surface area contributed by atoms with Gasteiger partial charge in [-0.2, -0.15) is 0 Å². The summed E-state index contributed by atoms with van der Waals surface area (Å²) in [5.74, 6) is -1.35. The van der Waals surface area contributed by atoms with Crippen LogP contribution in [0.25, 0.3) is 0 Å². The van der Waals surface area contributed by atoms with Gasteiger partial charge in [0.05, 0.1) is 6.42 Å². The standard InChI is InChI=1S/C14H20O6/c1-8(15)18-10-6-14(19-9(2)16)7-11(17)20-13(10,5)12(14,3)4/h10H,6-7H2,1-5H3/t10-,13-,14+/m1/s1. The number of hydrogen-bond donors (Lipinski definition) is 0. The zero-order valence-electron chi connectivity index (χ0n) is 12.4. The first-order valence-corrected chi connectivity index (χ1v) is 6.63. The lowest BCUT2D eigenvalue weighted by atomic mass is 9.67. The maximum absolute atomic E-state index is 11.9. The molecular weight excluding hydrogens is 264 g/mol. The van der Waals surface area contributed by atoms with Gasteiger partial charge in [0.2, 0.25) is 0 Å². The first kappa shape index (κ1) is 14.8. The molecule has 0 radical (unpaired) electrons. The molecule has 0 amide bonds. The highest BCUT2D eigenvalue weighted by molar-refractivity contribution is 5.76. The number of carbonyl (C=O) groups is 3. The Morgan fingerprint density at radius 1 is 1.20 bits per heavy atom. The molecule has 2 fully saturated rings. The van der Waals surface area contributed by atoms with Gasteiger partial charge in [0.1, 0.15) is 11.7 Å². The van der Waals surface area contributed by atoms with Crippen LogP contribution >= 0.6 is 0 Å². The molecule has 0 spiro atoms. The van der Waals surface area contributed by atoms with Gasteiger partial charge in [-0.15, -0.1) is 0 Å². The molecule has 20 heavy (non-hydrogen) atoms. The van der Waals surface area contributed by atoms with Crippen molar-refractivity contribution in [2.45, 2.75) is 64.8 Å². The zero-order chi connectivity index (χ0) is 15.3. The molecular formula is C14H20O6. The highest BCUT2D eigenvalue weighted by Crippen LogP contribution is 2.61. The lowest BCUT2D eigenvalue weighted by Crippen LogP contribution is -2.61. The van der Waals surface area contributed by atoms with Crippen LogP contribution in [0.4, 0.5) is 0 Å². The number of rotatable bonds is 2. The van der Waals surface area contributed by atoms with Crippen molar-refractivity contribution in [1.82, 2.24) is 0 Å². The van der Waals surface area contributed by atoms with Gasteiger partial charge < -0.3 is 14.2 Å².